The quantitative estimate of drug-likeness (QED) is 0.296. The summed E-state index contributed by atoms with van der Waals surface area (Å²) in [7, 11) is -5.33. The number of amides is 2. The summed E-state index contributed by atoms with van der Waals surface area (Å²) in [4.78, 5) is 29.2. The molecule has 0 atom stereocenters. The van der Waals surface area contributed by atoms with Crippen LogP contribution in [0.5, 0.6) is 5.75 Å². The highest BCUT2D eigenvalue weighted by molar-refractivity contribution is 7.81. The van der Waals surface area contributed by atoms with E-state index < -0.39 is 28.3 Å². The lowest BCUT2D eigenvalue weighted by atomic mass is 9.94. The summed E-state index contributed by atoms with van der Waals surface area (Å²) < 4.78 is 53.2. The van der Waals surface area contributed by atoms with Crippen LogP contribution in [0.4, 0.5) is 19.2 Å². The second-order valence-corrected chi connectivity index (χ2v) is 13.6. The Kier molecular flexibility index (Phi) is 9.21. The highest BCUT2D eigenvalue weighted by atomic mass is 32.3. The minimum atomic E-state index is -5.33. The van der Waals surface area contributed by atoms with E-state index in [1.54, 1.807) is 39.5 Å². The molecule has 2 aliphatic rings. The average Bonchev–Trinajstić information content (AvgIpc) is 3.31. The first-order valence-corrected chi connectivity index (χ1v) is 16.5. The zero-order chi connectivity index (χ0) is 33.4. The van der Waals surface area contributed by atoms with Gasteiger partial charge in [0.1, 0.15) is 12.2 Å². The van der Waals surface area contributed by atoms with Gasteiger partial charge in [0.25, 0.3) is 0 Å². The minimum Gasteiger partial charge on any atom is -0.449 e. The molecule has 0 saturated carbocycles. The summed E-state index contributed by atoms with van der Waals surface area (Å²) >= 11 is 0. The monoisotopic (exact) mass is 653 g/mol. The van der Waals surface area contributed by atoms with Crippen LogP contribution in [0.3, 0.4) is 0 Å². The van der Waals surface area contributed by atoms with Crippen molar-refractivity contribution in [2.24, 2.45) is 0 Å². The van der Waals surface area contributed by atoms with Crippen molar-refractivity contribution in [2.45, 2.75) is 59.6 Å². The van der Waals surface area contributed by atoms with E-state index in [0.717, 1.165) is 27.8 Å². The zero-order valence-corrected chi connectivity index (χ0v) is 27.8. The molecule has 0 spiro atoms. The molecule has 46 heavy (non-hydrogen) atoms. The lowest BCUT2D eigenvalue weighted by Gasteiger charge is -2.38. The van der Waals surface area contributed by atoms with E-state index in [1.807, 2.05) is 48.2 Å². The maximum atomic E-state index is 13.9. The number of anilines is 1. The van der Waals surface area contributed by atoms with E-state index in [1.165, 1.54) is 0 Å². The fraction of sp³-hybridized carbons (Fsp3) is 0.412. The van der Waals surface area contributed by atoms with E-state index in [-0.39, 0.29) is 24.8 Å². The van der Waals surface area contributed by atoms with Crippen molar-refractivity contribution in [3.8, 4) is 16.9 Å². The summed E-state index contributed by atoms with van der Waals surface area (Å²) in [6.07, 6.45) is -1.06. The van der Waals surface area contributed by atoms with E-state index in [0.29, 0.717) is 48.6 Å². The molecule has 246 valence electrons. The third-order valence-corrected chi connectivity index (χ3v) is 8.85. The molecule has 1 aliphatic carbocycles. The number of nitrogens with zero attached hydrogens (tertiary/aromatic N) is 2. The van der Waals surface area contributed by atoms with Crippen LogP contribution in [0.2, 0.25) is 0 Å². The summed E-state index contributed by atoms with van der Waals surface area (Å²) in [5.74, 6) is -0.247. The second-order valence-electron chi connectivity index (χ2n) is 12.6. The summed E-state index contributed by atoms with van der Waals surface area (Å²) in [6, 6.07) is 16.1. The molecule has 10 nitrogen and oxygen atoms in total. The van der Waals surface area contributed by atoms with Crippen LogP contribution in [0, 0.1) is 20.8 Å². The van der Waals surface area contributed by atoms with Crippen molar-refractivity contribution in [2.75, 3.05) is 37.7 Å². The minimum absolute atomic E-state index is 0.0117. The Morgan fingerprint density at radius 3 is 2.00 bits per heavy atom. The normalized spacial score (nSPS) is 14.8. The molecule has 3 aromatic rings. The largest absolute Gasteiger partial charge is 0.488 e. The Labute approximate surface area is 269 Å². The van der Waals surface area contributed by atoms with Crippen molar-refractivity contribution in [3.63, 3.8) is 0 Å². The highest BCUT2D eigenvalue weighted by Gasteiger charge is 2.31. The van der Waals surface area contributed by atoms with Gasteiger partial charge < -0.3 is 28.8 Å². The molecule has 0 aromatic heterocycles. The standard InChI is InChI=1S/C34H40FN3O7S/c1-21-28(19-36-32(39)43-20-29-26-13-9-7-11-24(26)25-12-8-10-14-27(25)29)22(2)31(45-46(35,41)42)23(3)30(21)37-15-17-38(18-16-37)33(40)44-34(4,5)6/h7-14,29H,15-20H2,1-6H3,(H,36,39). The van der Waals surface area contributed by atoms with Gasteiger partial charge in [-0.05, 0) is 80.5 Å². The third-order valence-electron chi connectivity index (χ3n) is 8.48. The molecule has 1 fully saturated rings. The van der Waals surface area contributed by atoms with Gasteiger partial charge in [0.05, 0.1) is 0 Å². The zero-order valence-electron chi connectivity index (χ0n) is 27.0. The molecular weight excluding hydrogens is 613 g/mol. The van der Waals surface area contributed by atoms with Crippen LogP contribution in [0.1, 0.15) is 60.1 Å². The molecule has 0 unspecified atom stereocenters. The summed E-state index contributed by atoms with van der Waals surface area (Å²) in [5, 5.41) is 2.79. The van der Waals surface area contributed by atoms with Crippen LogP contribution in [0.25, 0.3) is 11.1 Å². The number of halogens is 1. The predicted octanol–water partition coefficient (Wildman–Crippen LogP) is 6.30. The maximum absolute atomic E-state index is 13.9. The van der Waals surface area contributed by atoms with Crippen molar-refractivity contribution in [3.05, 3.63) is 81.9 Å². The highest BCUT2D eigenvalue weighted by Crippen LogP contribution is 2.44. The molecule has 0 radical (unpaired) electrons. The van der Waals surface area contributed by atoms with Crippen molar-refractivity contribution in [1.82, 2.24) is 10.2 Å². The number of rotatable bonds is 7. The van der Waals surface area contributed by atoms with Gasteiger partial charge in [-0.2, -0.15) is 8.42 Å². The molecule has 1 saturated heterocycles. The van der Waals surface area contributed by atoms with E-state index in [9.17, 15) is 21.9 Å². The van der Waals surface area contributed by atoms with E-state index in [4.69, 9.17) is 13.7 Å². The number of fused-ring (bicyclic) bond motifs is 3. The van der Waals surface area contributed by atoms with Gasteiger partial charge >= 0.3 is 22.7 Å². The lowest BCUT2D eigenvalue weighted by Crippen LogP contribution is -2.50. The lowest BCUT2D eigenvalue weighted by molar-refractivity contribution is 0.0240. The van der Waals surface area contributed by atoms with E-state index in [2.05, 4.69) is 17.4 Å². The molecule has 12 heteroatoms. The Morgan fingerprint density at radius 2 is 1.46 bits per heavy atom. The smallest absolute Gasteiger partial charge is 0.449 e. The number of piperazine rings is 1. The Hall–Kier alpha value is -4.32. The van der Waals surface area contributed by atoms with Gasteiger partial charge in [0, 0.05) is 49.9 Å². The van der Waals surface area contributed by atoms with Crippen LogP contribution < -0.4 is 14.4 Å². The van der Waals surface area contributed by atoms with Gasteiger partial charge in [-0.3, -0.25) is 0 Å². The number of benzene rings is 3. The predicted molar refractivity (Wildman–Crippen MR) is 173 cm³/mol. The number of carbonyl (C=O) groups excluding carboxylic acids is 2. The molecular formula is C34H40FN3O7S. The topological polar surface area (TPSA) is 114 Å². The summed E-state index contributed by atoms with van der Waals surface area (Å²) in [6.45, 7) is 12.3. The van der Waals surface area contributed by atoms with Gasteiger partial charge in [0.2, 0.25) is 0 Å². The average molecular weight is 654 g/mol. The first-order chi connectivity index (χ1) is 21.6. The fourth-order valence-electron chi connectivity index (χ4n) is 6.44. The van der Waals surface area contributed by atoms with Crippen LogP contribution in [-0.2, 0) is 26.5 Å². The fourth-order valence-corrected chi connectivity index (χ4v) is 6.89. The molecule has 1 aliphatic heterocycles. The SMILES string of the molecule is Cc1c(CNC(=O)OCC2c3ccccc3-c3ccccc32)c(C)c(N2CCN(C(=O)OC(C)(C)C)CC2)c(C)c1OS(=O)(=O)F. The van der Waals surface area contributed by atoms with Crippen molar-refractivity contribution in [1.29, 1.82) is 0 Å². The molecule has 3 aromatic carbocycles. The number of ether oxygens (including phenoxy) is 2. The first-order valence-electron chi connectivity index (χ1n) is 15.2. The first kappa shape index (κ1) is 33.1. The van der Waals surface area contributed by atoms with E-state index >= 15 is 0 Å². The maximum Gasteiger partial charge on any atom is 0.488 e. The molecule has 5 rings (SSSR count). The number of nitrogens with one attached hydrogen (secondary N) is 1. The van der Waals surface area contributed by atoms with Crippen molar-refractivity contribution >= 4 is 28.4 Å². The Balaban J connectivity index is 1.33. The second kappa shape index (κ2) is 12.8. The Morgan fingerprint density at radius 1 is 0.891 bits per heavy atom. The number of carbonyl (C=O) groups is 2. The molecule has 0 bridgehead atoms. The number of hydrogen-bond acceptors (Lipinski definition) is 8. The van der Waals surface area contributed by atoms with Crippen LogP contribution in [-0.4, -0.2) is 63.9 Å². The number of hydrogen-bond donors (Lipinski definition) is 1. The molecule has 2 amide bonds. The third kappa shape index (κ3) is 7.06. The number of alkyl carbamates (subject to hydrolysis) is 1. The van der Waals surface area contributed by atoms with Crippen molar-refractivity contribution < 1.29 is 35.5 Å². The molecule has 1 N–H and O–H groups in total. The van der Waals surface area contributed by atoms with Gasteiger partial charge in [-0.25, -0.2) is 9.59 Å². The van der Waals surface area contributed by atoms with Gasteiger partial charge in [0.15, 0.2) is 5.75 Å². The molecule has 1 heterocycles. The van der Waals surface area contributed by atoms with Crippen LogP contribution >= 0.6 is 0 Å². The summed E-state index contributed by atoms with van der Waals surface area (Å²) in [5.41, 5.74) is 6.60. The van der Waals surface area contributed by atoms with Gasteiger partial charge in [-0.15, -0.1) is 0 Å². The van der Waals surface area contributed by atoms with Crippen LogP contribution in [0.15, 0.2) is 48.5 Å². The van der Waals surface area contributed by atoms with Gasteiger partial charge in [-0.1, -0.05) is 52.4 Å². The Bertz CT molecular complexity index is 1720.